The van der Waals surface area contributed by atoms with Crippen molar-refractivity contribution in [1.29, 1.82) is 0 Å². The molecule has 0 amide bonds. The maximum atomic E-state index is 11.7. The summed E-state index contributed by atoms with van der Waals surface area (Å²) < 4.78 is 28.5. The normalized spacial score (nSPS) is 12.9. The summed E-state index contributed by atoms with van der Waals surface area (Å²) >= 11 is 0. The largest absolute Gasteiger partial charge is 0.383 e. The molecule has 1 unspecified atom stereocenters. The van der Waals surface area contributed by atoms with Crippen molar-refractivity contribution in [3.05, 3.63) is 28.3 Å². The van der Waals surface area contributed by atoms with E-state index in [-0.39, 0.29) is 16.6 Å². The number of sulfone groups is 1. The Bertz CT molecular complexity index is 595. The van der Waals surface area contributed by atoms with Crippen LogP contribution < -0.4 is 5.32 Å². The molecule has 118 valence electrons. The molecule has 0 fully saturated rings. The molecule has 1 aromatic rings. The second kappa shape index (κ2) is 7.37. The van der Waals surface area contributed by atoms with E-state index in [0.717, 1.165) is 19.1 Å². The average Bonchev–Trinajstić information content (AvgIpc) is 2.37. The quantitative estimate of drug-likeness (QED) is 0.583. The molecule has 0 aromatic heterocycles. The summed E-state index contributed by atoms with van der Waals surface area (Å²) in [6, 6.07) is 4.12. The molecule has 21 heavy (non-hydrogen) atoms. The lowest BCUT2D eigenvalue weighted by Gasteiger charge is -2.19. The van der Waals surface area contributed by atoms with Gasteiger partial charge in [0.05, 0.1) is 11.5 Å². The Labute approximate surface area is 124 Å². The minimum atomic E-state index is -3.67. The summed E-state index contributed by atoms with van der Waals surface area (Å²) in [7, 11) is -2.13. The number of ether oxygens (including phenoxy) is 1. The molecule has 0 aliphatic heterocycles. The summed E-state index contributed by atoms with van der Waals surface area (Å²) in [6.07, 6.45) is 2.59. The van der Waals surface area contributed by atoms with Crippen LogP contribution in [0.15, 0.2) is 23.1 Å². The second-order valence-electron chi connectivity index (χ2n) is 4.77. The van der Waals surface area contributed by atoms with Crippen molar-refractivity contribution in [2.75, 3.05) is 25.3 Å². The summed E-state index contributed by atoms with van der Waals surface area (Å²) in [5.41, 5.74) is -0.226. The van der Waals surface area contributed by atoms with E-state index in [1.807, 2.05) is 6.92 Å². The second-order valence-corrected chi connectivity index (χ2v) is 6.75. The minimum absolute atomic E-state index is 0.117. The van der Waals surface area contributed by atoms with Crippen LogP contribution >= 0.6 is 0 Å². The van der Waals surface area contributed by atoms with Crippen molar-refractivity contribution in [2.45, 2.75) is 30.7 Å². The van der Waals surface area contributed by atoms with Crippen LogP contribution in [-0.4, -0.2) is 39.4 Å². The molecule has 0 aliphatic carbocycles. The van der Waals surface area contributed by atoms with Gasteiger partial charge in [-0.25, -0.2) is 8.42 Å². The van der Waals surface area contributed by atoms with Gasteiger partial charge in [-0.2, -0.15) is 0 Å². The van der Waals surface area contributed by atoms with Crippen LogP contribution in [0.25, 0.3) is 0 Å². The molecular formula is C13H20N2O5S. The third kappa shape index (κ3) is 4.68. The van der Waals surface area contributed by atoms with Crippen molar-refractivity contribution in [3.8, 4) is 0 Å². The SMILES string of the molecule is CCCC(COC)Nc1cccc(S(C)(=O)=O)c1[N+](=O)[O-]. The number of nitrogens with one attached hydrogen (secondary N) is 1. The van der Waals surface area contributed by atoms with Gasteiger partial charge in [-0.05, 0) is 18.6 Å². The van der Waals surface area contributed by atoms with E-state index in [1.165, 1.54) is 18.2 Å². The van der Waals surface area contributed by atoms with Gasteiger partial charge in [0.1, 0.15) is 10.6 Å². The van der Waals surface area contributed by atoms with Crippen LogP contribution in [0.5, 0.6) is 0 Å². The molecular weight excluding hydrogens is 296 g/mol. The highest BCUT2D eigenvalue weighted by atomic mass is 32.2. The highest BCUT2D eigenvalue weighted by molar-refractivity contribution is 7.90. The topological polar surface area (TPSA) is 98.5 Å². The van der Waals surface area contributed by atoms with E-state index in [4.69, 9.17) is 4.74 Å². The molecule has 0 saturated carbocycles. The zero-order valence-corrected chi connectivity index (χ0v) is 13.1. The lowest BCUT2D eigenvalue weighted by atomic mass is 10.1. The number of hydrogen-bond donors (Lipinski definition) is 1. The number of anilines is 1. The van der Waals surface area contributed by atoms with Crippen molar-refractivity contribution < 1.29 is 18.1 Å². The summed E-state index contributed by atoms with van der Waals surface area (Å²) in [5, 5.41) is 14.3. The molecule has 0 aliphatic rings. The van der Waals surface area contributed by atoms with E-state index in [1.54, 1.807) is 7.11 Å². The van der Waals surface area contributed by atoms with E-state index in [2.05, 4.69) is 5.32 Å². The Morgan fingerprint density at radius 2 is 2.10 bits per heavy atom. The van der Waals surface area contributed by atoms with E-state index in [0.29, 0.717) is 6.61 Å². The van der Waals surface area contributed by atoms with Crippen molar-refractivity contribution >= 4 is 21.2 Å². The van der Waals surface area contributed by atoms with E-state index >= 15 is 0 Å². The number of methoxy groups -OCH3 is 1. The highest BCUT2D eigenvalue weighted by Crippen LogP contribution is 2.32. The Morgan fingerprint density at radius 1 is 1.43 bits per heavy atom. The first-order chi connectivity index (χ1) is 9.81. The molecule has 7 nitrogen and oxygen atoms in total. The smallest absolute Gasteiger partial charge is 0.310 e. The molecule has 0 radical (unpaired) electrons. The van der Waals surface area contributed by atoms with Gasteiger partial charge in [0.2, 0.25) is 0 Å². The fourth-order valence-electron chi connectivity index (χ4n) is 2.09. The maximum absolute atomic E-state index is 11.7. The van der Waals surface area contributed by atoms with E-state index in [9.17, 15) is 18.5 Å². The van der Waals surface area contributed by atoms with Gasteiger partial charge in [-0.3, -0.25) is 10.1 Å². The van der Waals surface area contributed by atoms with Gasteiger partial charge in [0.25, 0.3) is 0 Å². The van der Waals surface area contributed by atoms with Gasteiger partial charge in [-0.15, -0.1) is 0 Å². The molecule has 0 heterocycles. The number of para-hydroxylation sites is 1. The Kier molecular flexibility index (Phi) is 6.10. The monoisotopic (exact) mass is 316 g/mol. The highest BCUT2D eigenvalue weighted by Gasteiger charge is 2.27. The predicted octanol–water partition coefficient (Wildman–Crippen LogP) is 2.23. The number of benzene rings is 1. The first-order valence-corrected chi connectivity index (χ1v) is 8.43. The molecule has 1 rings (SSSR count). The molecule has 0 bridgehead atoms. The van der Waals surface area contributed by atoms with Gasteiger partial charge in [-0.1, -0.05) is 19.4 Å². The van der Waals surface area contributed by atoms with Crippen LogP contribution in [-0.2, 0) is 14.6 Å². The summed E-state index contributed by atoms with van der Waals surface area (Å²) in [5.74, 6) is 0. The zero-order valence-electron chi connectivity index (χ0n) is 12.3. The predicted molar refractivity (Wildman–Crippen MR) is 80.4 cm³/mol. The maximum Gasteiger partial charge on any atom is 0.310 e. The van der Waals surface area contributed by atoms with Gasteiger partial charge in [0, 0.05) is 19.4 Å². The standard InChI is InChI=1S/C13H20N2O5S/c1-4-6-10(9-20-2)14-11-7-5-8-12(21(3,18)19)13(11)15(16)17/h5,7-8,10,14H,4,6,9H2,1-3H3. The molecule has 0 saturated heterocycles. The van der Waals surface area contributed by atoms with Crippen molar-refractivity contribution in [2.24, 2.45) is 0 Å². The Morgan fingerprint density at radius 3 is 2.57 bits per heavy atom. The molecule has 0 spiro atoms. The van der Waals surface area contributed by atoms with Crippen molar-refractivity contribution in [1.82, 2.24) is 0 Å². The van der Waals surface area contributed by atoms with E-state index < -0.39 is 20.4 Å². The number of rotatable bonds is 8. The third-order valence-corrected chi connectivity index (χ3v) is 4.07. The van der Waals surface area contributed by atoms with Crippen molar-refractivity contribution in [3.63, 3.8) is 0 Å². The van der Waals surface area contributed by atoms with Gasteiger partial charge >= 0.3 is 5.69 Å². The van der Waals surface area contributed by atoms with Crippen LogP contribution in [0.3, 0.4) is 0 Å². The third-order valence-electron chi connectivity index (χ3n) is 2.95. The van der Waals surface area contributed by atoms with Crippen LogP contribution in [0.1, 0.15) is 19.8 Å². The minimum Gasteiger partial charge on any atom is -0.383 e. The number of nitro groups is 1. The average molecular weight is 316 g/mol. The van der Waals surface area contributed by atoms with Crippen LogP contribution in [0, 0.1) is 10.1 Å². The van der Waals surface area contributed by atoms with Crippen LogP contribution in [0.4, 0.5) is 11.4 Å². The van der Waals surface area contributed by atoms with Gasteiger partial charge < -0.3 is 10.1 Å². The molecule has 1 atom stereocenters. The lowest BCUT2D eigenvalue weighted by molar-refractivity contribution is -0.386. The first kappa shape index (κ1) is 17.4. The summed E-state index contributed by atoms with van der Waals surface area (Å²) in [6.45, 7) is 2.37. The molecule has 8 heteroatoms. The fraction of sp³-hybridized carbons (Fsp3) is 0.538. The lowest BCUT2D eigenvalue weighted by Crippen LogP contribution is -2.25. The number of hydrogen-bond acceptors (Lipinski definition) is 6. The number of nitro benzene ring substituents is 1. The number of nitrogens with zero attached hydrogens (tertiary/aromatic N) is 1. The summed E-state index contributed by atoms with van der Waals surface area (Å²) in [4.78, 5) is 10.3. The molecule has 1 aromatic carbocycles. The van der Waals surface area contributed by atoms with Gasteiger partial charge in [0.15, 0.2) is 9.84 Å². The molecule has 1 N–H and O–H groups in total. The van der Waals surface area contributed by atoms with Crippen LogP contribution in [0.2, 0.25) is 0 Å². The fourth-order valence-corrected chi connectivity index (χ4v) is 2.95. The zero-order chi connectivity index (χ0) is 16.0. The Balaban J connectivity index is 3.26. The Hall–Kier alpha value is -1.67. The first-order valence-electron chi connectivity index (χ1n) is 6.54.